The van der Waals surface area contributed by atoms with E-state index in [1.54, 1.807) is 18.3 Å². The van der Waals surface area contributed by atoms with Crippen molar-refractivity contribution in [2.75, 3.05) is 12.8 Å². The first-order valence-electron chi connectivity index (χ1n) is 6.88. The van der Waals surface area contributed by atoms with Crippen LogP contribution in [0, 0.1) is 5.41 Å². The average Bonchev–Trinajstić information content (AvgIpc) is 2.37. The van der Waals surface area contributed by atoms with E-state index in [1.165, 1.54) is 12.8 Å². The Bertz CT molecular complexity index is 460. The zero-order valence-electron chi connectivity index (χ0n) is 12.0. The number of nitrogens with zero attached hydrogens (tertiary/aromatic N) is 2. The van der Waals surface area contributed by atoms with Crippen molar-refractivity contribution in [3.05, 3.63) is 24.0 Å². The average molecular weight is 261 g/mol. The molecule has 0 aromatic carbocycles. The number of carbonyl (C=O) groups is 1. The molecule has 1 amide bonds. The Balaban J connectivity index is 2.04. The van der Waals surface area contributed by atoms with E-state index in [4.69, 9.17) is 5.73 Å². The molecular weight excluding hydrogens is 238 g/mol. The van der Waals surface area contributed by atoms with E-state index >= 15 is 0 Å². The van der Waals surface area contributed by atoms with Crippen LogP contribution in [0.3, 0.4) is 0 Å². The lowest BCUT2D eigenvalue weighted by Crippen LogP contribution is -2.41. The molecule has 4 nitrogen and oxygen atoms in total. The number of nitrogens with two attached hydrogens (primary N) is 1. The van der Waals surface area contributed by atoms with Crippen molar-refractivity contribution in [3.63, 3.8) is 0 Å². The molecule has 19 heavy (non-hydrogen) atoms. The van der Waals surface area contributed by atoms with Crippen molar-refractivity contribution in [2.24, 2.45) is 5.41 Å². The number of hydrogen-bond donors (Lipinski definition) is 1. The van der Waals surface area contributed by atoms with Crippen LogP contribution in [0.4, 0.5) is 5.69 Å². The molecule has 1 aromatic rings. The van der Waals surface area contributed by atoms with Crippen molar-refractivity contribution < 1.29 is 4.79 Å². The zero-order valence-corrected chi connectivity index (χ0v) is 12.0. The molecule has 2 rings (SSSR count). The maximum absolute atomic E-state index is 12.4. The molecule has 1 heterocycles. The van der Waals surface area contributed by atoms with Crippen LogP contribution < -0.4 is 5.73 Å². The van der Waals surface area contributed by atoms with Crippen LogP contribution in [-0.4, -0.2) is 28.9 Å². The van der Waals surface area contributed by atoms with Crippen LogP contribution >= 0.6 is 0 Å². The fraction of sp³-hybridized carbons (Fsp3) is 0.600. The second kappa shape index (κ2) is 5.19. The molecular formula is C15H23N3O. The molecule has 0 saturated heterocycles. The van der Waals surface area contributed by atoms with Gasteiger partial charge in [-0.3, -0.25) is 9.78 Å². The SMILES string of the molecule is CN(C(=O)c1cc(N)ccn1)C1CCC(C)(C)CC1. The Morgan fingerprint density at radius 1 is 1.42 bits per heavy atom. The van der Waals surface area contributed by atoms with Gasteiger partial charge >= 0.3 is 0 Å². The molecule has 0 bridgehead atoms. The Morgan fingerprint density at radius 3 is 2.63 bits per heavy atom. The first-order chi connectivity index (χ1) is 8.89. The third kappa shape index (κ3) is 3.25. The molecule has 0 spiro atoms. The number of carbonyl (C=O) groups excluding carboxylic acids is 1. The quantitative estimate of drug-likeness (QED) is 0.890. The van der Waals surface area contributed by atoms with Crippen LogP contribution in [0.15, 0.2) is 18.3 Å². The van der Waals surface area contributed by atoms with E-state index in [9.17, 15) is 4.79 Å². The maximum Gasteiger partial charge on any atom is 0.272 e. The third-order valence-corrected chi connectivity index (χ3v) is 4.18. The van der Waals surface area contributed by atoms with Gasteiger partial charge in [0.25, 0.3) is 5.91 Å². The highest BCUT2D eigenvalue weighted by Crippen LogP contribution is 2.36. The molecule has 1 fully saturated rings. The summed E-state index contributed by atoms with van der Waals surface area (Å²) in [4.78, 5) is 18.3. The predicted molar refractivity (Wildman–Crippen MR) is 76.8 cm³/mol. The fourth-order valence-electron chi connectivity index (χ4n) is 2.68. The number of pyridine rings is 1. The van der Waals surface area contributed by atoms with Crippen molar-refractivity contribution in [1.29, 1.82) is 0 Å². The summed E-state index contributed by atoms with van der Waals surface area (Å²) in [5, 5.41) is 0. The zero-order chi connectivity index (χ0) is 14.0. The number of hydrogen-bond acceptors (Lipinski definition) is 3. The summed E-state index contributed by atoms with van der Waals surface area (Å²) >= 11 is 0. The first kappa shape index (κ1) is 13.8. The van der Waals surface area contributed by atoms with Crippen molar-refractivity contribution in [2.45, 2.75) is 45.6 Å². The molecule has 0 radical (unpaired) electrons. The van der Waals surface area contributed by atoms with Gasteiger partial charge in [-0.2, -0.15) is 0 Å². The lowest BCUT2D eigenvalue weighted by atomic mass is 9.75. The van der Waals surface area contributed by atoms with Gasteiger partial charge in [0.2, 0.25) is 0 Å². The van der Waals surface area contributed by atoms with Gasteiger partial charge in [0.1, 0.15) is 5.69 Å². The van der Waals surface area contributed by atoms with Gasteiger partial charge in [-0.25, -0.2) is 0 Å². The Hall–Kier alpha value is -1.58. The van der Waals surface area contributed by atoms with Gasteiger partial charge in [-0.15, -0.1) is 0 Å². The largest absolute Gasteiger partial charge is 0.399 e. The molecule has 0 atom stereocenters. The molecule has 1 aromatic heterocycles. The van der Waals surface area contributed by atoms with E-state index in [2.05, 4.69) is 18.8 Å². The molecule has 2 N–H and O–H groups in total. The molecule has 0 unspecified atom stereocenters. The van der Waals surface area contributed by atoms with Gasteiger partial charge < -0.3 is 10.6 Å². The lowest BCUT2D eigenvalue weighted by molar-refractivity contribution is 0.0629. The van der Waals surface area contributed by atoms with Crippen LogP contribution in [0.2, 0.25) is 0 Å². The summed E-state index contributed by atoms with van der Waals surface area (Å²) in [5.41, 5.74) is 7.13. The highest BCUT2D eigenvalue weighted by Gasteiger charge is 2.31. The summed E-state index contributed by atoms with van der Waals surface area (Å²) in [5.74, 6) is -0.0305. The second-order valence-electron chi connectivity index (χ2n) is 6.29. The first-order valence-corrected chi connectivity index (χ1v) is 6.88. The van der Waals surface area contributed by atoms with Crippen molar-refractivity contribution in [1.82, 2.24) is 9.88 Å². The normalized spacial score (nSPS) is 19.1. The Kier molecular flexibility index (Phi) is 3.78. The predicted octanol–water partition coefficient (Wildman–Crippen LogP) is 2.70. The van der Waals surface area contributed by atoms with Gasteiger partial charge in [0, 0.05) is 25.0 Å². The minimum absolute atomic E-state index is 0.0305. The smallest absolute Gasteiger partial charge is 0.272 e. The van der Waals surface area contributed by atoms with Gasteiger partial charge in [0.15, 0.2) is 0 Å². The van der Waals surface area contributed by atoms with Crippen LogP contribution in [0.5, 0.6) is 0 Å². The van der Waals surface area contributed by atoms with Crippen molar-refractivity contribution in [3.8, 4) is 0 Å². The van der Waals surface area contributed by atoms with E-state index in [0.717, 1.165) is 12.8 Å². The Labute approximate surface area is 115 Å². The molecule has 0 aliphatic heterocycles. The van der Waals surface area contributed by atoms with Gasteiger partial charge in [-0.1, -0.05) is 13.8 Å². The van der Waals surface area contributed by atoms with Gasteiger partial charge in [-0.05, 0) is 43.2 Å². The summed E-state index contributed by atoms with van der Waals surface area (Å²) in [7, 11) is 1.87. The molecule has 1 aliphatic carbocycles. The molecule has 4 heteroatoms. The number of anilines is 1. The monoisotopic (exact) mass is 261 g/mol. The highest BCUT2D eigenvalue weighted by atomic mass is 16.2. The summed E-state index contributed by atoms with van der Waals surface area (Å²) in [6.45, 7) is 4.59. The fourth-order valence-corrected chi connectivity index (χ4v) is 2.68. The standard InChI is InChI=1S/C15H23N3O/c1-15(2)7-4-12(5-8-15)18(3)14(19)13-10-11(16)6-9-17-13/h6,9-10,12H,4-5,7-8H2,1-3H3,(H2,16,17). The summed E-state index contributed by atoms with van der Waals surface area (Å²) < 4.78 is 0. The molecule has 104 valence electrons. The third-order valence-electron chi connectivity index (χ3n) is 4.18. The number of amides is 1. The van der Waals surface area contributed by atoms with Crippen LogP contribution in [0.1, 0.15) is 50.0 Å². The van der Waals surface area contributed by atoms with Crippen LogP contribution in [-0.2, 0) is 0 Å². The summed E-state index contributed by atoms with van der Waals surface area (Å²) in [6, 6.07) is 3.66. The number of rotatable bonds is 2. The molecule has 1 aliphatic rings. The Morgan fingerprint density at radius 2 is 2.05 bits per heavy atom. The molecule has 1 saturated carbocycles. The maximum atomic E-state index is 12.4. The van der Waals surface area contributed by atoms with E-state index in [0.29, 0.717) is 22.8 Å². The minimum Gasteiger partial charge on any atom is -0.399 e. The van der Waals surface area contributed by atoms with E-state index in [1.807, 2.05) is 11.9 Å². The van der Waals surface area contributed by atoms with E-state index < -0.39 is 0 Å². The van der Waals surface area contributed by atoms with E-state index in [-0.39, 0.29) is 5.91 Å². The van der Waals surface area contributed by atoms with Crippen molar-refractivity contribution >= 4 is 11.6 Å². The topological polar surface area (TPSA) is 59.2 Å². The lowest BCUT2D eigenvalue weighted by Gasteiger charge is -2.38. The van der Waals surface area contributed by atoms with Crippen LogP contribution in [0.25, 0.3) is 0 Å². The second-order valence-corrected chi connectivity index (χ2v) is 6.29. The number of aromatic nitrogens is 1. The number of nitrogen functional groups attached to an aromatic ring is 1. The highest BCUT2D eigenvalue weighted by molar-refractivity contribution is 5.93. The minimum atomic E-state index is -0.0305. The van der Waals surface area contributed by atoms with Gasteiger partial charge in [0.05, 0.1) is 0 Å². The summed E-state index contributed by atoms with van der Waals surface area (Å²) in [6.07, 6.45) is 6.05.